The zero-order valence-electron chi connectivity index (χ0n) is 71.4. The molecule has 17 aromatic rings. The number of benzene rings is 16. The van der Waals surface area contributed by atoms with E-state index < -0.39 is 0 Å². The number of rotatable bonds is 22. The molecule has 0 saturated heterocycles. The van der Waals surface area contributed by atoms with Gasteiger partial charge in [0, 0.05) is 44.8 Å². The minimum atomic E-state index is -0.0136. The van der Waals surface area contributed by atoms with E-state index in [1.807, 2.05) is 37.3 Å². The van der Waals surface area contributed by atoms with E-state index in [1.165, 1.54) is 111 Å². The number of pyridine rings is 1. The lowest BCUT2D eigenvalue weighted by atomic mass is 9.87. The molecule has 16 aromatic carbocycles. The highest BCUT2D eigenvalue weighted by atomic mass is 16.3. The monoisotopic (exact) mass is 1590 g/mol. The van der Waals surface area contributed by atoms with Gasteiger partial charge in [-0.15, -0.1) is 0 Å². The van der Waals surface area contributed by atoms with Gasteiger partial charge in [-0.25, -0.2) is 0 Å². The topological polar surface area (TPSA) is 59.8 Å². The van der Waals surface area contributed by atoms with Gasteiger partial charge in [-0.1, -0.05) is 367 Å². The minimum Gasteiger partial charge on any atom is -0.392 e. The molecule has 0 aliphatic heterocycles. The molecule has 0 aliphatic carbocycles. The third-order valence-corrected chi connectivity index (χ3v) is 23.3. The first kappa shape index (κ1) is 82.1. The zero-order valence-corrected chi connectivity index (χ0v) is 71.4. The zero-order chi connectivity index (χ0) is 84.9. The van der Waals surface area contributed by atoms with E-state index in [0.717, 1.165) is 106 Å². The molecule has 0 spiro atoms. The third-order valence-electron chi connectivity index (χ3n) is 23.3. The van der Waals surface area contributed by atoms with Crippen LogP contribution in [-0.2, 0) is 13.2 Å². The highest BCUT2D eigenvalue weighted by molar-refractivity contribution is 6.10. The fourth-order valence-corrected chi connectivity index (χ4v) is 16.6. The summed E-state index contributed by atoms with van der Waals surface area (Å²) in [7, 11) is 0. The summed E-state index contributed by atoms with van der Waals surface area (Å²) in [6, 6.07) is 141. The average molecular weight is 1590 g/mol. The van der Waals surface area contributed by atoms with Gasteiger partial charge in [0.2, 0.25) is 0 Å². The van der Waals surface area contributed by atoms with Crippen LogP contribution in [0.4, 0.5) is 34.1 Å². The average Bonchev–Trinajstić information content (AvgIpc) is 0.749. The van der Waals surface area contributed by atoms with Crippen LogP contribution >= 0.6 is 0 Å². The molecule has 0 saturated carbocycles. The molecule has 0 fully saturated rings. The first-order valence-electron chi connectivity index (χ1n) is 42.4. The second kappa shape index (κ2) is 37.8. The van der Waals surface area contributed by atoms with Crippen LogP contribution in [0.25, 0.3) is 72.7 Å². The number of fused-ring (bicyclic) bond motifs is 2. The Morgan fingerprint density at radius 3 is 1.04 bits per heavy atom. The Morgan fingerprint density at radius 1 is 0.285 bits per heavy atom. The quantitative estimate of drug-likeness (QED) is 0.0523. The van der Waals surface area contributed by atoms with Crippen LogP contribution in [0.3, 0.4) is 0 Å². The number of allylic oxidation sites excluding steroid dienone is 4. The Hall–Kier alpha value is -14.6. The second-order valence-electron chi connectivity index (χ2n) is 32.1. The Bertz CT molecular complexity index is 6540. The molecule has 0 aliphatic rings. The SMILES string of the molecule is CC(=C(c1ccc(C)cc1)c1ccc(C)cc1)c1ccc(N(c2ccc(CO)cc2)c2ccc(C(C)=C(c3ccc(C)cc3)c3ccc(C)cc3)c3ccccc23)cc1.Cc1ccc(C(=Cc2ccc(N(c3ccc(CO)cc3)c3ccc(/C=C/C(=C(c4ccccc4)c4ccccc4)c4cccc(C)n4)c4ccccc34)cc2)c2ccc(C)cc2)cc1. The number of nitrogens with zero attached hydrogens (tertiary/aromatic N) is 3. The Balaban J connectivity index is 0.000000183. The molecule has 17 rings (SSSR count). The number of hydrogen-bond acceptors (Lipinski definition) is 5. The van der Waals surface area contributed by atoms with Crippen molar-refractivity contribution in [3.63, 3.8) is 0 Å². The molecule has 0 amide bonds. The van der Waals surface area contributed by atoms with E-state index in [1.54, 1.807) is 0 Å². The van der Waals surface area contributed by atoms with Crippen molar-refractivity contribution in [2.45, 2.75) is 75.5 Å². The van der Waals surface area contributed by atoms with Gasteiger partial charge in [-0.05, 0) is 263 Å². The molecule has 600 valence electrons. The van der Waals surface area contributed by atoms with Crippen LogP contribution in [0, 0.1) is 48.5 Å². The van der Waals surface area contributed by atoms with Gasteiger partial charge in [-0.3, -0.25) is 4.98 Å². The summed E-state index contributed by atoms with van der Waals surface area (Å²) >= 11 is 0. The molecule has 5 nitrogen and oxygen atoms in total. The summed E-state index contributed by atoms with van der Waals surface area (Å²) < 4.78 is 0. The normalized spacial score (nSPS) is 11.1. The summed E-state index contributed by atoms with van der Waals surface area (Å²) in [5, 5.41) is 24.5. The number of aliphatic hydroxyl groups is 2. The van der Waals surface area contributed by atoms with Crippen molar-refractivity contribution in [2.24, 2.45) is 0 Å². The van der Waals surface area contributed by atoms with Crippen LogP contribution < -0.4 is 9.80 Å². The molecule has 0 radical (unpaired) electrons. The van der Waals surface area contributed by atoms with Gasteiger partial charge in [-0.2, -0.15) is 0 Å². The van der Waals surface area contributed by atoms with Gasteiger partial charge in [0.05, 0.1) is 30.3 Å². The van der Waals surface area contributed by atoms with E-state index in [2.05, 4.69) is 447 Å². The molecule has 1 aromatic heterocycles. The van der Waals surface area contributed by atoms with Crippen molar-refractivity contribution in [1.82, 2.24) is 4.98 Å². The minimum absolute atomic E-state index is 0.00156. The van der Waals surface area contributed by atoms with Crippen molar-refractivity contribution in [3.05, 3.63) is 523 Å². The molecule has 0 bridgehead atoms. The van der Waals surface area contributed by atoms with Crippen molar-refractivity contribution in [1.29, 1.82) is 0 Å². The fourth-order valence-electron chi connectivity index (χ4n) is 16.6. The maximum absolute atomic E-state index is 9.97. The maximum Gasteiger partial charge on any atom is 0.0711 e. The van der Waals surface area contributed by atoms with Crippen molar-refractivity contribution in [2.75, 3.05) is 9.80 Å². The van der Waals surface area contributed by atoms with Crippen molar-refractivity contribution in [3.8, 4) is 0 Å². The van der Waals surface area contributed by atoms with Crippen molar-refractivity contribution >= 4 is 107 Å². The van der Waals surface area contributed by atoms with Gasteiger partial charge >= 0.3 is 0 Å². The van der Waals surface area contributed by atoms with Crippen LogP contribution in [0.2, 0.25) is 0 Å². The molecule has 5 heteroatoms. The smallest absolute Gasteiger partial charge is 0.0711 e. The Kier molecular flexibility index (Phi) is 25.2. The second-order valence-corrected chi connectivity index (χ2v) is 32.1. The predicted octanol–water partition coefficient (Wildman–Crippen LogP) is 30.4. The van der Waals surface area contributed by atoms with E-state index in [9.17, 15) is 10.2 Å². The molecule has 1 heterocycles. The largest absolute Gasteiger partial charge is 0.392 e. The van der Waals surface area contributed by atoms with Crippen LogP contribution in [0.1, 0.15) is 137 Å². The van der Waals surface area contributed by atoms with Gasteiger partial charge in [0.15, 0.2) is 0 Å². The molecular weight excluding hydrogens is 1490 g/mol. The summed E-state index contributed by atoms with van der Waals surface area (Å²) in [6.45, 7) is 19.3. The highest BCUT2D eigenvalue weighted by Crippen LogP contribution is 2.46. The van der Waals surface area contributed by atoms with E-state index in [0.29, 0.717) is 0 Å². The summed E-state index contributed by atoms with van der Waals surface area (Å²) in [4.78, 5) is 9.72. The van der Waals surface area contributed by atoms with E-state index in [-0.39, 0.29) is 13.2 Å². The maximum atomic E-state index is 9.97. The summed E-state index contributed by atoms with van der Waals surface area (Å²) in [5.41, 5.74) is 39.6. The molecule has 2 N–H and O–H groups in total. The molecule has 0 unspecified atom stereocenters. The fraction of sp³-hybridized carbons (Fsp3) is 0.0932. The third kappa shape index (κ3) is 18.7. The highest BCUT2D eigenvalue weighted by Gasteiger charge is 2.24. The van der Waals surface area contributed by atoms with Gasteiger partial charge < -0.3 is 20.0 Å². The van der Waals surface area contributed by atoms with E-state index in [4.69, 9.17) is 4.98 Å². The lowest BCUT2D eigenvalue weighted by Crippen LogP contribution is -2.11. The Morgan fingerprint density at radius 2 is 0.626 bits per heavy atom. The first-order chi connectivity index (χ1) is 60.1. The van der Waals surface area contributed by atoms with Gasteiger partial charge in [0.1, 0.15) is 0 Å². The Labute approximate surface area is 725 Å². The number of anilines is 6. The number of aromatic nitrogens is 1. The van der Waals surface area contributed by atoms with E-state index >= 15 is 0 Å². The lowest BCUT2D eigenvalue weighted by Gasteiger charge is -2.28. The van der Waals surface area contributed by atoms with Crippen LogP contribution in [0.5, 0.6) is 0 Å². The molecular formula is C118H101N3O2. The van der Waals surface area contributed by atoms with Crippen LogP contribution in [-0.4, -0.2) is 15.2 Å². The molecule has 123 heavy (non-hydrogen) atoms. The lowest BCUT2D eigenvalue weighted by molar-refractivity contribution is 0.281. The number of aryl methyl sites for hydroxylation is 7. The predicted molar refractivity (Wildman–Crippen MR) is 523 cm³/mol. The summed E-state index contributed by atoms with van der Waals surface area (Å²) in [5.74, 6) is 0. The van der Waals surface area contributed by atoms with Crippen molar-refractivity contribution < 1.29 is 10.2 Å². The van der Waals surface area contributed by atoms with Crippen LogP contribution in [0.15, 0.2) is 400 Å². The number of hydrogen-bond donors (Lipinski definition) is 2. The number of aliphatic hydroxyl groups excluding tert-OH is 2. The molecule has 0 atom stereocenters. The standard InChI is InChI=1S/C61H50N2O.C57H51NO/c1-43-21-29-49(30-22-43)58(50-31-23-44(2)24-32-50)41-46-25-35-53(36-26-46)63(54-37-27-47(42-64)28-38-54)60-40-34-48(55-18-10-11-19-56(55)60)33-39-57(59-20-12-13-45(3)62-59)61(51-14-6-4-7-15-51)52-16-8-5-9-17-52;1-38-11-21-46(22-12-38)56(47-23-13-39(2)14-24-47)42(5)45-29-33-51(34-30-45)58(50-31-19-44(37-59)20-32-50)55-36-35-52(53-9-7-8-10-54(53)55)43(6)57(48-25-15-40(3)16-26-48)49-27-17-41(4)18-28-49/h4-41,64H,42H2,1-3H3;7-36,59H,37H2,1-6H3/b39-33+;. The first-order valence-corrected chi connectivity index (χ1v) is 42.4. The van der Waals surface area contributed by atoms with Gasteiger partial charge in [0.25, 0.3) is 0 Å². The summed E-state index contributed by atoms with van der Waals surface area (Å²) in [6.07, 6.45) is 6.75.